The molecule has 0 atom stereocenters. The lowest BCUT2D eigenvalue weighted by molar-refractivity contribution is -0.384. The molecule has 5 N–H and O–H groups in total. The van der Waals surface area contributed by atoms with Gasteiger partial charge in [0.1, 0.15) is 5.82 Å². The van der Waals surface area contributed by atoms with Gasteiger partial charge < -0.3 is 10.7 Å². The van der Waals surface area contributed by atoms with Crippen LogP contribution in [0.25, 0.3) is 0 Å². The van der Waals surface area contributed by atoms with Crippen molar-refractivity contribution in [2.45, 2.75) is 6.42 Å². The fraction of sp³-hybridized carbons (Fsp3) is 0.444. The summed E-state index contributed by atoms with van der Waals surface area (Å²) in [5.74, 6) is 5.54. The summed E-state index contributed by atoms with van der Waals surface area (Å²) < 4.78 is 24.0. The van der Waals surface area contributed by atoms with Crippen LogP contribution >= 0.6 is 0 Å². The SMILES string of the molecule is CS(=O)(=O)NCCCNc1nc(NN)ccc1[N+](=O)[O-]. The topological polar surface area (TPSA) is 152 Å². The van der Waals surface area contributed by atoms with Crippen LogP contribution in [0.2, 0.25) is 0 Å². The number of hydrogen-bond acceptors (Lipinski definition) is 8. The van der Waals surface area contributed by atoms with E-state index >= 15 is 0 Å². The van der Waals surface area contributed by atoms with Crippen LogP contribution in [0.3, 0.4) is 0 Å². The Morgan fingerprint density at radius 3 is 2.65 bits per heavy atom. The molecule has 1 rings (SSSR count). The Bertz CT molecular complexity index is 576. The first-order valence-corrected chi connectivity index (χ1v) is 7.53. The van der Waals surface area contributed by atoms with Gasteiger partial charge in [-0.05, 0) is 12.5 Å². The van der Waals surface area contributed by atoms with E-state index in [0.717, 1.165) is 6.26 Å². The molecule has 11 heteroatoms. The average molecular weight is 304 g/mol. The zero-order valence-electron chi connectivity index (χ0n) is 10.8. The molecular formula is C9H16N6O4S. The summed E-state index contributed by atoms with van der Waals surface area (Å²) in [6.07, 6.45) is 1.51. The molecule has 1 aromatic heterocycles. The first-order valence-electron chi connectivity index (χ1n) is 5.64. The van der Waals surface area contributed by atoms with Gasteiger partial charge in [0, 0.05) is 19.2 Å². The molecule has 0 unspecified atom stereocenters. The Labute approximate surface area is 115 Å². The Balaban J connectivity index is 2.60. The van der Waals surface area contributed by atoms with Gasteiger partial charge in [-0.3, -0.25) is 10.1 Å². The second kappa shape index (κ2) is 6.98. The Morgan fingerprint density at radius 2 is 2.10 bits per heavy atom. The molecule has 0 bridgehead atoms. The molecule has 112 valence electrons. The highest BCUT2D eigenvalue weighted by Crippen LogP contribution is 2.23. The first-order chi connectivity index (χ1) is 9.33. The van der Waals surface area contributed by atoms with Crippen LogP contribution in [0.4, 0.5) is 17.3 Å². The molecule has 1 aromatic rings. The van der Waals surface area contributed by atoms with Crippen molar-refractivity contribution in [1.82, 2.24) is 9.71 Å². The zero-order chi connectivity index (χ0) is 15.2. The maximum Gasteiger partial charge on any atom is 0.311 e. The number of aromatic nitrogens is 1. The summed E-state index contributed by atoms with van der Waals surface area (Å²) in [6, 6.07) is 2.66. The van der Waals surface area contributed by atoms with Crippen molar-refractivity contribution in [3.63, 3.8) is 0 Å². The number of nitrogens with one attached hydrogen (secondary N) is 3. The lowest BCUT2D eigenvalue weighted by Gasteiger charge is -2.08. The summed E-state index contributed by atoms with van der Waals surface area (Å²) in [7, 11) is -3.23. The number of hydrazine groups is 1. The van der Waals surface area contributed by atoms with E-state index in [9.17, 15) is 18.5 Å². The van der Waals surface area contributed by atoms with Gasteiger partial charge in [-0.15, -0.1) is 0 Å². The Kier molecular flexibility index (Phi) is 5.61. The number of anilines is 2. The quantitative estimate of drug-likeness (QED) is 0.219. The predicted molar refractivity (Wildman–Crippen MR) is 74.7 cm³/mol. The molecule has 1 heterocycles. The molecule has 20 heavy (non-hydrogen) atoms. The van der Waals surface area contributed by atoms with Gasteiger partial charge in [0.25, 0.3) is 0 Å². The van der Waals surface area contributed by atoms with E-state index in [1.165, 1.54) is 12.1 Å². The summed E-state index contributed by atoms with van der Waals surface area (Å²) in [5.41, 5.74) is 2.11. The molecule has 0 aromatic carbocycles. The number of pyridine rings is 1. The largest absolute Gasteiger partial charge is 0.364 e. The number of nitrogen functional groups attached to an aromatic ring is 1. The third kappa shape index (κ3) is 5.34. The van der Waals surface area contributed by atoms with E-state index in [1.54, 1.807) is 0 Å². The molecule has 0 saturated carbocycles. The predicted octanol–water partition coefficient (Wildman–Crippen LogP) is -0.373. The van der Waals surface area contributed by atoms with Gasteiger partial charge in [0.2, 0.25) is 15.8 Å². The van der Waals surface area contributed by atoms with E-state index in [-0.39, 0.29) is 23.9 Å². The summed E-state index contributed by atoms with van der Waals surface area (Å²) in [5, 5.41) is 13.6. The average Bonchev–Trinajstić information content (AvgIpc) is 2.36. The van der Waals surface area contributed by atoms with Crippen LogP contribution in [0.1, 0.15) is 6.42 Å². The van der Waals surface area contributed by atoms with Crippen molar-refractivity contribution in [3.8, 4) is 0 Å². The standard InChI is InChI=1S/C9H16N6O4S/c1-20(18,19)12-6-2-5-11-9-7(15(16)17)3-4-8(13-9)14-10/h3-4,12H,2,5-6,10H2,1H3,(H2,11,13,14). The van der Waals surface area contributed by atoms with Crippen LogP contribution in [-0.2, 0) is 10.0 Å². The summed E-state index contributed by atoms with van der Waals surface area (Å²) >= 11 is 0. The van der Waals surface area contributed by atoms with Crippen LogP contribution in [-0.4, -0.2) is 37.7 Å². The van der Waals surface area contributed by atoms with E-state index < -0.39 is 14.9 Å². The van der Waals surface area contributed by atoms with E-state index in [1.807, 2.05) is 0 Å². The number of nitro groups is 1. The van der Waals surface area contributed by atoms with Crippen LogP contribution < -0.4 is 21.3 Å². The van der Waals surface area contributed by atoms with Gasteiger partial charge in [0.15, 0.2) is 0 Å². The third-order valence-corrected chi connectivity index (χ3v) is 2.96. The molecule has 0 spiro atoms. The molecule has 0 radical (unpaired) electrons. The minimum absolute atomic E-state index is 0.0739. The zero-order valence-corrected chi connectivity index (χ0v) is 11.6. The van der Waals surface area contributed by atoms with Crippen molar-refractivity contribution in [1.29, 1.82) is 0 Å². The van der Waals surface area contributed by atoms with Crippen molar-refractivity contribution in [2.75, 3.05) is 30.1 Å². The van der Waals surface area contributed by atoms with Gasteiger partial charge in [-0.1, -0.05) is 0 Å². The summed E-state index contributed by atoms with van der Waals surface area (Å²) in [4.78, 5) is 14.2. The number of rotatable bonds is 8. The van der Waals surface area contributed by atoms with Crippen molar-refractivity contribution in [3.05, 3.63) is 22.2 Å². The maximum absolute atomic E-state index is 10.8. The number of nitrogens with zero attached hydrogens (tertiary/aromatic N) is 2. The fourth-order valence-electron chi connectivity index (χ4n) is 1.36. The minimum atomic E-state index is -3.23. The monoisotopic (exact) mass is 304 g/mol. The second-order valence-electron chi connectivity index (χ2n) is 3.91. The number of hydrogen-bond donors (Lipinski definition) is 4. The summed E-state index contributed by atoms with van der Waals surface area (Å²) in [6.45, 7) is 0.554. The lowest BCUT2D eigenvalue weighted by atomic mass is 10.3. The highest BCUT2D eigenvalue weighted by atomic mass is 32.2. The van der Waals surface area contributed by atoms with E-state index in [2.05, 4.69) is 20.4 Å². The molecule has 0 aliphatic rings. The van der Waals surface area contributed by atoms with Crippen molar-refractivity contribution >= 4 is 27.3 Å². The molecule has 0 aliphatic heterocycles. The maximum atomic E-state index is 10.8. The normalized spacial score (nSPS) is 11.1. The Morgan fingerprint density at radius 1 is 1.40 bits per heavy atom. The van der Waals surface area contributed by atoms with Gasteiger partial charge >= 0.3 is 5.69 Å². The molecular weight excluding hydrogens is 288 g/mol. The fourth-order valence-corrected chi connectivity index (χ4v) is 1.88. The number of sulfonamides is 1. The Hall–Kier alpha value is -1.98. The van der Waals surface area contributed by atoms with Crippen molar-refractivity contribution in [2.24, 2.45) is 5.84 Å². The molecule has 0 saturated heterocycles. The highest BCUT2D eigenvalue weighted by Gasteiger charge is 2.15. The minimum Gasteiger partial charge on any atom is -0.364 e. The molecule has 0 fully saturated rings. The first kappa shape index (κ1) is 16.1. The highest BCUT2D eigenvalue weighted by molar-refractivity contribution is 7.88. The third-order valence-electron chi connectivity index (χ3n) is 2.23. The number of nitrogens with two attached hydrogens (primary N) is 1. The smallest absolute Gasteiger partial charge is 0.311 e. The van der Waals surface area contributed by atoms with Gasteiger partial charge in [-0.2, -0.15) is 0 Å². The van der Waals surface area contributed by atoms with Crippen LogP contribution in [0.15, 0.2) is 12.1 Å². The lowest BCUT2D eigenvalue weighted by Crippen LogP contribution is -2.24. The second-order valence-corrected chi connectivity index (χ2v) is 5.75. The van der Waals surface area contributed by atoms with Crippen LogP contribution in [0, 0.1) is 10.1 Å². The molecule has 0 amide bonds. The molecule has 0 aliphatic carbocycles. The van der Waals surface area contributed by atoms with Crippen molar-refractivity contribution < 1.29 is 13.3 Å². The van der Waals surface area contributed by atoms with Gasteiger partial charge in [-0.25, -0.2) is 24.0 Å². The van der Waals surface area contributed by atoms with Crippen LogP contribution in [0.5, 0.6) is 0 Å². The van der Waals surface area contributed by atoms with Gasteiger partial charge in [0.05, 0.1) is 11.2 Å². The van der Waals surface area contributed by atoms with E-state index in [4.69, 9.17) is 5.84 Å². The van der Waals surface area contributed by atoms with E-state index in [0.29, 0.717) is 13.0 Å². The molecule has 10 nitrogen and oxygen atoms in total.